The summed E-state index contributed by atoms with van der Waals surface area (Å²) in [6.45, 7) is 4.12. The fraction of sp³-hybridized carbons (Fsp3) is 0.130. The number of aryl methyl sites for hydroxylation is 2. The first-order chi connectivity index (χ1) is 13.1. The third kappa shape index (κ3) is 4.60. The Labute approximate surface area is 165 Å². The molecule has 0 heterocycles. The molecule has 0 aliphatic carbocycles. The zero-order valence-corrected chi connectivity index (χ0v) is 16.3. The van der Waals surface area contributed by atoms with Crippen LogP contribution in [0.5, 0.6) is 0 Å². The number of carbonyl (C=O) groups excluding carboxylic acids is 1. The molecule has 4 heteroatoms. The Morgan fingerprint density at radius 3 is 2.22 bits per heavy atom. The fourth-order valence-electron chi connectivity index (χ4n) is 2.97. The van der Waals surface area contributed by atoms with Crippen LogP contribution < -0.4 is 10.6 Å². The van der Waals surface area contributed by atoms with Crippen molar-refractivity contribution in [2.75, 3.05) is 5.32 Å². The van der Waals surface area contributed by atoms with Gasteiger partial charge in [0.15, 0.2) is 5.11 Å². The highest BCUT2D eigenvalue weighted by molar-refractivity contribution is 7.80. The van der Waals surface area contributed by atoms with Gasteiger partial charge in [0, 0.05) is 11.3 Å². The minimum absolute atomic E-state index is 0.223. The predicted octanol–water partition coefficient (Wildman–Crippen LogP) is 5.35. The molecule has 27 heavy (non-hydrogen) atoms. The molecule has 3 aromatic rings. The van der Waals surface area contributed by atoms with Crippen molar-refractivity contribution < 1.29 is 4.79 Å². The first-order valence-corrected chi connectivity index (χ1v) is 9.35. The van der Waals surface area contributed by atoms with Gasteiger partial charge in [-0.3, -0.25) is 10.1 Å². The molecule has 1 amide bonds. The van der Waals surface area contributed by atoms with E-state index in [2.05, 4.69) is 23.6 Å². The molecule has 0 saturated heterocycles. The Morgan fingerprint density at radius 2 is 1.56 bits per heavy atom. The zero-order chi connectivity index (χ0) is 19.2. The number of hydrogen-bond donors (Lipinski definition) is 2. The summed E-state index contributed by atoms with van der Waals surface area (Å²) in [7, 11) is 0. The monoisotopic (exact) mass is 374 g/mol. The SMILES string of the molecule is CCc1cccc(C)c1NC(=S)NC(=O)c1ccc(-c2ccccc2)cc1. The van der Waals surface area contributed by atoms with E-state index >= 15 is 0 Å². The maximum atomic E-state index is 12.5. The van der Waals surface area contributed by atoms with E-state index in [1.807, 2.05) is 73.7 Å². The van der Waals surface area contributed by atoms with Gasteiger partial charge in [-0.1, -0.05) is 67.6 Å². The number of rotatable bonds is 4. The summed E-state index contributed by atoms with van der Waals surface area (Å²) >= 11 is 5.34. The summed E-state index contributed by atoms with van der Waals surface area (Å²) in [6, 6.07) is 23.7. The van der Waals surface area contributed by atoms with E-state index in [1.54, 1.807) is 0 Å². The number of carbonyl (C=O) groups is 1. The van der Waals surface area contributed by atoms with Gasteiger partial charge in [0.2, 0.25) is 0 Å². The average molecular weight is 375 g/mol. The van der Waals surface area contributed by atoms with Crippen molar-refractivity contribution in [2.24, 2.45) is 0 Å². The van der Waals surface area contributed by atoms with Gasteiger partial charge in [-0.15, -0.1) is 0 Å². The van der Waals surface area contributed by atoms with Crippen LogP contribution in [0.15, 0.2) is 72.8 Å². The van der Waals surface area contributed by atoms with Crippen LogP contribution in [0.4, 0.5) is 5.69 Å². The van der Waals surface area contributed by atoms with Gasteiger partial charge in [-0.2, -0.15) is 0 Å². The van der Waals surface area contributed by atoms with Gasteiger partial charge in [-0.05, 0) is 59.9 Å². The van der Waals surface area contributed by atoms with Gasteiger partial charge in [-0.25, -0.2) is 0 Å². The van der Waals surface area contributed by atoms with Crippen LogP contribution >= 0.6 is 12.2 Å². The molecule has 0 aromatic heterocycles. The van der Waals surface area contributed by atoms with Crippen molar-refractivity contribution in [1.29, 1.82) is 0 Å². The standard InChI is InChI=1S/C23H22N2OS/c1-3-17-11-7-8-16(2)21(17)24-23(27)25-22(26)20-14-12-19(13-15-20)18-9-5-4-6-10-18/h4-15H,3H2,1-2H3,(H2,24,25,26,27). The van der Waals surface area contributed by atoms with E-state index in [-0.39, 0.29) is 5.91 Å². The van der Waals surface area contributed by atoms with Crippen molar-refractivity contribution >= 4 is 28.9 Å². The molecule has 3 rings (SSSR count). The van der Waals surface area contributed by atoms with Crippen molar-refractivity contribution in [2.45, 2.75) is 20.3 Å². The lowest BCUT2D eigenvalue weighted by molar-refractivity contribution is 0.0978. The topological polar surface area (TPSA) is 41.1 Å². The van der Waals surface area contributed by atoms with E-state index < -0.39 is 0 Å². The van der Waals surface area contributed by atoms with E-state index in [4.69, 9.17) is 12.2 Å². The maximum absolute atomic E-state index is 12.5. The lowest BCUT2D eigenvalue weighted by Crippen LogP contribution is -2.34. The van der Waals surface area contributed by atoms with E-state index in [9.17, 15) is 4.79 Å². The summed E-state index contributed by atoms with van der Waals surface area (Å²) in [5, 5.41) is 6.23. The second-order valence-corrected chi connectivity index (χ2v) is 6.72. The Morgan fingerprint density at radius 1 is 0.889 bits per heavy atom. The second-order valence-electron chi connectivity index (χ2n) is 6.31. The Kier molecular flexibility index (Phi) is 5.99. The van der Waals surface area contributed by atoms with Gasteiger partial charge < -0.3 is 5.32 Å². The van der Waals surface area contributed by atoms with Crippen LogP contribution in [0, 0.1) is 6.92 Å². The molecule has 2 N–H and O–H groups in total. The number of benzene rings is 3. The first kappa shape index (κ1) is 18.8. The number of hydrogen-bond acceptors (Lipinski definition) is 2. The predicted molar refractivity (Wildman–Crippen MR) is 116 cm³/mol. The van der Waals surface area contributed by atoms with Crippen molar-refractivity contribution in [1.82, 2.24) is 5.32 Å². The summed E-state index contributed by atoms with van der Waals surface area (Å²) in [5.74, 6) is -0.223. The molecule has 0 saturated carbocycles. The van der Waals surface area contributed by atoms with Gasteiger partial charge in [0.1, 0.15) is 0 Å². The van der Waals surface area contributed by atoms with Crippen molar-refractivity contribution in [3.8, 4) is 11.1 Å². The third-order valence-electron chi connectivity index (χ3n) is 4.46. The van der Waals surface area contributed by atoms with Crippen molar-refractivity contribution in [3.05, 3.63) is 89.5 Å². The number of nitrogens with one attached hydrogen (secondary N) is 2. The number of para-hydroxylation sites is 1. The lowest BCUT2D eigenvalue weighted by Gasteiger charge is -2.15. The van der Waals surface area contributed by atoms with Gasteiger partial charge in [0.25, 0.3) is 5.91 Å². The van der Waals surface area contributed by atoms with Crippen LogP contribution in [0.25, 0.3) is 11.1 Å². The third-order valence-corrected chi connectivity index (χ3v) is 4.66. The van der Waals surface area contributed by atoms with E-state index in [1.165, 1.54) is 5.56 Å². The van der Waals surface area contributed by atoms with Crippen molar-refractivity contribution in [3.63, 3.8) is 0 Å². The minimum atomic E-state index is -0.223. The normalized spacial score (nSPS) is 10.3. The summed E-state index contributed by atoms with van der Waals surface area (Å²) in [4.78, 5) is 12.5. The van der Waals surface area contributed by atoms with Gasteiger partial charge in [0.05, 0.1) is 0 Å². The highest BCUT2D eigenvalue weighted by Gasteiger charge is 2.11. The highest BCUT2D eigenvalue weighted by Crippen LogP contribution is 2.21. The minimum Gasteiger partial charge on any atom is -0.332 e. The first-order valence-electron chi connectivity index (χ1n) is 8.94. The molecule has 136 valence electrons. The van der Waals surface area contributed by atoms with E-state index in [0.717, 1.165) is 28.8 Å². The summed E-state index contributed by atoms with van der Waals surface area (Å²) in [6.07, 6.45) is 0.890. The Hall–Kier alpha value is -2.98. The molecule has 3 nitrogen and oxygen atoms in total. The largest absolute Gasteiger partial charge is 0.332 e. The molecule has 0 spiro atoms. The average Bonchev–Trinajstić information content (AvgIpc) is 2.70. The van der Waals surface area contributed by atoms with Crippen LogP contribution in [-0.4, -0.2) is 11.0 Å². The summed E-state index contributed by atoms with van der Waals surface area (Å²) in [5.41, 5.74) is 5.98. The zero-order valence-electron chi connectivity index (χ0n) is 15.5. The number of amides is 1. The molecule has 0 unspecified atom stereocenters. The van der Waals surface area contributed by atoms with Crippen LogP contribution in [-0.2, 0) is 6.42 Å². The molecular weight excluding hydrogens is 352 g/mol. The number of thiocarbonyl (C=S) groups is 1. The van der Waals surface area contributed by atoms with Gasteiger partial charge >= 0.3 is 0 Å². The Balaban J connectivity index is 1.68. The molecule has 0 bridgehead atoms. The van der Waals surface area contributed by atoms with E-state index in [0.29, 0.717) is 10.7 Å². The Bertz CT molecular complexity index is 950. The van der Waals surface area contributed by atoms with Crippen LogP contribution in [0.1, 0.15) is 28.4 Å². The van der Waals surface area contributed by atoms with Crippen LogP contribution in [0.2, 0.25) is 0 Å². The molecule has 0 radical (unpaired) electrons. The second kappa shape index (κ2) is 8.60. The smallest absolute Gasteiger partial charge is 0.257 e. The lowest BCUT2D eigenvalue weighted by atomic mass is 10.0. The maximum Gasteiger partial charge on any atom is 0.257 e. The highest BCUT2D eigenvalue weighted by atomic mass is 32.1. The molecule has 0 atom stereocenters. The molecular formula is C23H22N2OS. The number of anilines is 1. The molecule has 3 aromatic carbocycles. The summed E-state index contributed by atoms with van der Waals surface area (Å²) < 4.78 is 0. The fourth-order valence-corrected chi connectivity index (χ4v) is 3.16. The molecule has 0 fully saturated rings. The molecule has 0 aliphatic heterocycles. The quantitative estimate of drug-likeness (QED) is 0.605. The van der Waals surface area contributed by atoms with Crippen LogP contribution in [0.3, 0.4) is 0 Å². The molecule has 0 aliphatic rings.